The van der Waals surface area contributed by atoms with Crippen molar-refractivity contribution in [3.8, 4) is 11.5 Å². The number of ether oxygens (including phenoxy) is 3. The van der Waals surface area contributed by atoms with Crippen LogP contribution in [0, 0.1) is 0 Å². The van der Waals surface area contributed by atoms with E-state index in [9.17, 15) is 0 Å². The monoisotopic (exact) mass is 463 g/mol. The van der Waals surface area contributed by atoms with Crippen LogP contribution in [0.1, 0.15) is 31.9 Å². The summed E-state index contributed by atoms with van der Waals surface area (Å²) < 4.78 is 16.8. The zero-order valence-corrected chi connectivity index (χ0v) is 18.0. The second-order valence-corrected chi connectivity index (χ2v) is 6.06. The Labute approximate surface area is 167 Å². The average molecular weight is 463 g/mol. The van der Waals surface area contributed by atoms with Crippen molar-refractivity contribution in [2.24, 2.45) is 4.99 Å². The van der Waals surface area contributed by atoms with Crippen LogP contribution in [0.5, 0.6) is 11.5 Å². The van der Waals surface area contributed by atoms with E-state index in [-0.39, 0.29) is 36.1 Å². The first-order chi connectivity index (χ1) is 11.6. The molecule has 1 aliphatic rings. The predicted octanol–water partition coefficient (Wildman–Crippen LogP) is 2.73. The first kappa shape index (κ1) is 21.8. The summed E-state index contributed by atoms with van der Waals surface area (Å²) in [6.07, 6.45) is 1.16. The zero-order chi connectivity index (χ0) is 17.5. The molecular weight excluding hydrogens is 433 g/mol. The van der Waals surface area contributed by atoms with Gasteiger partial charge in [-0.05, 0) is 32.9 Å². The van der Waals surface area contributed by atoms with Crippen molar-refractivity contribution in [1.82, 2.24) is 10.6 Å². The fourth-order valence-corrected chi connectivity index (χ4v) is 2.81. The molecule has 2 unspecified atom stereocenters. The lowest BCUT2D eigenvalue weighted by atomic mass is 10.1. The smallest absolute Gasteiger partial charge is 0.191 e. The summed E-state index contributed by atoms with van der Waals surface area (Å²) in [6, 6.07) is 4.35. The minimum atomic E-state index is 0. The number of aliphatic imine (C=N–C) groups is 1. The van der Waals surface area contributed by atoms with Crippen molar-refractivity contribution >= 4 is 29.9 Å². The molecule has 1 aromatic carbocycles. The van der Waals surface area contributed by atoms with Gasteiger partial charge in [0.05, 0.1) is 13.2 Å². The van der Waals surface area contributed by atoms with Gasteiger partial charge in [-0.1, -0.05) is 0 Å². The van der Waals surface area contributed by atoms with Gasteiger partial charge in [0.15, 0.2) is 5.96 Å². The number of rotatable bonds is 7. The van der Waals surface area contributed by atoms with Crippen LogP contribution in [0.3, 0.4) is 0 Å². The highest BCUT2D eigenvalue weighted by Gasteiger charge is 2.22. The lowest BCUT2D eigenvalue weighted by Crippen LogP contribution is -2.43. The zero-order valence-electron chi connectivity index (χ0n) is 15.7. The molecule has 0 spiro atoms. The number of fused-ring (bicyclic) bond motifs is 1. The van der Waals surface area contributed by atoms with E-state index in [0.29, 0.717) is 19.8 Å². The molecule has 0 saturated carbocycles. The number of nitrogens with zero attached hydrogens (tertiary/aromatic N) is 1. The van der Waals surface area contributed by atoms with E-state index in [1.807, 2.05) is 13.8 Å². The van der Waals surface area contributed by atoms with Crippen molar-refractivity contribution < 1.29 is 14.2 Å². The Morgan fingerprint density at radius 2 is 2.20 bits per heavy atom. The molecule has 2 atom stereocenters. The van der Waals surface area contributed by atoms with E-state index >= 15 is 0 Å². The molecule has 1 heterocycles. The largest absolute Gasteiger partial charge is 0.494 e. The number of halogens is 1. The van der Waals surface area contributed by atoms with Crippen molar-refractivity contribution in [2.45, 2.75) is 45.9 Å². The molecule has 1 aromatic rings. The molecule has 25 heavy (non-hydrogen) atoms. The van der Waals surface area contributed by atoms with Crippen LogP contribution in [-0.4, -0.2) is 45.5 Å². The van der Waals surface area contributed by atoms with E-state index in [1.54, 1.807) is 14.2 Å². The Balaban J connectivity index is 0.00000312. The van der Waals surface area contributed by atoms with E-state index in [1.165, 1.54) is 5.56 Å². The lowest BCUT2D eigenvalue weighted by Gasteiger charge is -2.18. The topological polar surface area (TPSA) is 64.1 Å². The summed E-state index contributed by atoms with van der Waals surface area (Å²) in [4.78, 5) is 4.25. The number of hydrogen-bond acceptors (Lipinski definition) is 4. The third kappa shape index (κ3) is 6.22. The molecule has 142 valence electrons. The fourth-order valence-electron chi connectivity index (χ4n) is 2.81. The Bertz CT molecular complexity index is 581. The highest BCUT2D eigenvalue weighted by Crippen LogP contribution is 2.35. The SMILES string of the molecule is CCOc1cc2c(cc1CNC(=NC)NC(C)COC)OC(C)C2.I. The fraction of sp³-hybridized carbons (Fsp3) is 0.611. The number of guanidine groups is 1. The summed E-state index contributed by atoms with van der Waals surface area (Å²) in [5, 5.41) is 6.61. The molecule has 0 aliphatic carbocycles. The number of nitrogens with one attached hydrogen (secondary N) is 2. The predicted molar refractivity (Wildman–Crippen MR) is 111 cm³/mol. The van der Waals surface area contributed by atoms with Crippen LogP contribution >= 0.6 is 24.0 Å². The van der Waals surface area contributed by atoms with Crippen molar-refractivity contribution in [2.75, 3.05) is 27.4 Å². The van der Waals surface area contributed by atoms with Crippen LogP contribution in [0.4, 0.5) is 0 Å². The molecule has 7 heteroatoms. The van der Waals surface area contributed by atoms with Crippen molar-refractivity contribution in [3.63, 3.8) is 0 Å². The van der Waals surface area contributed by atoms with Gasteiger partial charge in [-0.3, -0.25) is 4.99 Å². The van der Waals surface area contributed by atoms with Gasteiger partial charge >= 0.3 is 0 Å². The van der Waals surface area contributed by atoms with Gasteiger partial charge < -0.3 is 24.8 Å². The molecular formula is C18H30IN3O3. The van der Waals surface area contributed by atoms with Gasteiger partial charge in [-0.2, -0.15) is 0 Å². The molecule has 0 fully saturated rings. The third-order valence-electron chi connectivity index (χ3n) is 3.85. The summed E-state index contributed by atoms with van der Waals surface area (Å²) in [6.45, 7) is 8.00. The van der Waals surface area contributed by atoms with Gasteiger partial charge in [0.25, 0.3) is 0 Å². The molecule has 0 aromatic heterocycles. The van der Waals surface area contributed by atoms with Crippen LogP contribution in [-0.2, 0) is 17.7 Å². The van der Waals surface area contributed by atoms with Gasteiger partial charge in [0, 0.05) is 44.3 Å². The van der Waals surface area contributed by atoms with E-state index in [2.05, 4.69) is 34.7 Å². The number of methoxy groups -OCH3 is 1. The molecule has 0 amide bonds. The minimum Gasteiger partial charge on any atom is -0.494 e. The van der Waals surface area contributed by atoms with Gasteiger partial charge in [-0.25, -0.2) is 0 Å². The quantitative estimate of drug-likeness (QED) is 0.370. The standard InChI is InChI=1S/C18H29N3O3.HI/c1-6-23-16-8-14-7-13(3)24-17(14)9-15(16)10-20-18(19-4)21-12(2)11-22-5;/h8-9,12-13H,6-7,10-11H2,1-5H3,(H2,19,20,21);1H. The van der Waals surface area contributed by atoms with Crippen LogP contribution in [0.25, 0.3) is 0 Å². The Hall–Kier alpha value is -1.22. The first-order valence-corrected chi connectivity index (χ1v) is 8.48. The molecule has 2 rings (SSSR count). The second kappa shape index (κ2) is 10.7. The average Bonchev–Trinajstić information content (AvgIpc) is 2.90. The molecule has 2 N–H and O–H groups in total. The van der Waals surface area contributed by atoms with Crippen LogP contribution < -0.4 is 20.1 Å². The maximum atomic E-state index is 5.86. The van der Waals surface area contributed by atoms with Crippen molar-refractivity contribution in [1.29, 1.82) is 0 Å². The van der Waals surface area contributed by atoms with Crippen LogP contribution in [0.15, 0.2) is 17.1 Å². The van der Waals surface area contributed by atoms with Gasteiger partial charge in [0.1, 0.15) is 17.6 Å². The lowest BCUT2D eigenvalue weighted by molar-refractivity contribution is 0.179. The summed E-state index contributed by atoms with van der Waals surface area (Å²) in [7, 11) is 3.44. The Morgan fingerprint density at radius 3 is 2.84 bits per heavy atom. The maximum Gasteiger partial charge on any atom is 0.191 e. The highest BCUT2D eigenvalue weighted by atomic mass is 127. The summed E-state index contributed by atoms with van der Waals surface area (Å²) in [5.41, 5.74) is 2.28. The normalized spacial score (nSPS) is 17.2. The molecule has 1 aliphatic heterocycles. The minimum absolute atomic E-state index is 0. The van der Waals surface area contributed by atoms with Gasteiger partial charge in [0.2, 0.25) is 0 Å². The summed E-state index contributed by atoms with van der Waals surface area (Å²) >= 11 is 0. The van der Waals surface area contributed by atoms with E-state index in [4.69, 9.17) is 14.2 Å². The highest BCUT2D eigenvalue weighted by molar-refractivity contribution is 14.0. The Morgan fingerprint density at radius 1 is 1.44 bits per heavy atom. The van der Waals surface area contributed by atoms with Crippen LogP contribution in [0.2, 0.25) is 0 Å². The van der Waals surface area contributed by atoms with E-state index < -0.39 is 0 Å². The molecule has 0 radical (unpaired) electrons. The third-order valence-corrected chi connectivity index (χ3v) is 3.85. The van der Waals surface area contributed by atoms with Gasteiger partial charge in [-0.15, -0.1) is 24.0 Å². The van der Waals surface area contributed by atoms with Crippen molar-refractivity contribution in [3.05, 3.63) is 23.3 Å². The second-order valence-electron chi connectivity index (χ2n) is 6.06. The molecule has 0 saturated heterocycles. The number of benzene rings is 1. The maximum absolute atomic E-state index is 5.86. The Kier molecular flexibility index (Phi) is 9.34. The molecule has 0 bridgehead atoms. The number of hydrogen-bond donors (Lipinski definition) is 2. The van der Waals surface area contributed by atoms with E-state index in [0.717, 1.165) is 29.4 Å². The first-order valence-electron chi connectivity index (χ1n) is 8.48. The molecule has 6 nitrogen and oxygen atoms in total. The summed E-state index contributed by atoms with van der Waals surface area (Å²) in [5.74, 6) is 2.59.